The van der Waals surface area contributed by atoms with Gasteiger partial charge in [-0.1, -0.05) is 19.9 Å². The minimum atomic E-state index is -0.285. The predicted octanol–water partition coefficient (Wildman–Crippen LogP) is 3.98. The number of ether oxygens (including phenoxy) is 2. The molecular weight excluding hydrogens is 318 g/mol. The summed E-state index contributed by atoms with van der Waals surface area (Å²) in [6, 6.07) is 8.85. The number of hydrogen-bond donors (Lipinski definition) is 2. The van der Waals surface area contributed by atoms with Crippen LogP contribution in [0, 0.1) is 0 Å². The molecule has 1 aromatic heterocycles. The topological polar surface area (TPSA) is 72.5 Å². The summed E-state index contributed by atoms with van der Waals surface area (Å²) in [5, 5.41) is 5.60. The Labute approximate surface area is 148 Å². The van der Waals surface area contributed by atoms with Crippen LogP contribution in [0.25, 0.3) is 0 Å². The molecule has 1 heterocycles. The van der Waals surface area contributed by atoms with E-state index in [2.05, 4.69) is 22.5 Å². The number of benzene rings is 1. The van der Waals surface area contributed by atoms with Gasteiger partial charge in [0.1, 0.15) is 0 Å². The van der Waals surface area contributed by atoms with Gasteiger partial charge in [-0.15, -0.1) is 0 Å². The highest BCUT2D eigenvalue weighted by molar-refractivity contribution is 5.89. The first kappa shape index (κ1) is 18.6. The van der Waals surface area contributed by atoms with Gasteiger partial charge in [-0.05, 0) is 36.6 Å². The maximum atomic E-state index is 12.1. The van der Waals surface area contributed by atoms with Crippen LogP contribution in [-0.2, 0) is 6.54 Å². The summed E-state index contributed by atoms with van der Waals surface area (Å²) in [5.74, 6) is 1.33. The normalized spacial score (nSPS) is 10.2. The third-order valence-corrected chi connectivity index (χ3v) is 3.30. The molecule has 0 aliphatic heterocycles. The number of aromatic nitrogens is 1. The van der Waals surface area contributed by atoms with Gasteiger partial charge in [0.25, 0.3) is 0 Å². The van der Waals surface area contributed by atoms with Crippen LogP contribution in [0.3, 0.4) is 0 Å². The number of amides is 2. The Balaban J connectivity index is 1.96. The van der Waals surface area contributed by atoms with Crippen LogP contribution in [0.4, 0.5) is 10.5 Å². The molecule has 0 aliphatic rings. The van der Waals surface area contributed by atoms with Crippen molar-refractivity contribution in [3.05, 3.63) is 48.3 Å². The van der Waals surface area contributed by atoms with E-state index in [1.54, 1.807) is 24.5 Å². The van der Waals surface area contributed by atoms with Crippen molar-refractivity contribution in [2.24, 2.45) is 0 Å². The molecule has 2 N–H and O–H groups in total. The predicted molar refractivity (Wildman–Crippen MR) is 98.1 cm³/mol. The zero-order valence-corrected chi connectivity index (χ0v) is 14.7. The molecule has 0 unspecified atom stereocenters. The zero-order chi connectivity index (χ0) is 17.9. The highest BCUT2D eigenvalue weighted by atomic mass is 16.5. The second-order valence-electron chi connectivity index (χ2n) is 5.53. The van der Waals surface area contributed by atoms with E-state index >= 15 is 0 Å². The van der Waals surface area contributed by atoms with Crippen molar-refractivity contribution in [3.63, 3.8) is 0 Å². The highest BCUT2D eigenvalue weighted by Gasteiger charge is 2.09. The van der Waals surface area contributed by atoms with Crippen molar-refractivity contribution < 1.29 is 14.3 Å². The largest absolute Gasteiger partial charge is 0.490 e. The quantitative estimate of drug-likeness (QED) is 0.722. The van der Waals surface area contributed by atoms with Crippen LogP contribution >= 0.6 is 0 Å². The first-order chi connectivity index (χ1) is 12.2. The molecule has 25 heavy (non-hydrogen) atoms. The van der Waals surface area contributed by atoms with E-state index in [1.165, 1.54) is 0 Å². The lowest BCUT2D eigenvalue weighted by atomic mass is 10.2. The molecule has 0 spiro atoms. The Kier molecular flexibility index (Phi) is 7.56. The van der Waals surface area contributed by atoms with Crippen LogP contribution in [0.2, 0.25) is 0 Å². The Morgan fingerprint density at radius 2 is 1.84 bits per heavy atom. The fraction of sp³-hybridized carbons (Fsp3) is 0.368. The smallest absolute Gasteiger partial charge is 0.319 e. The summed E-state index contributed by atoms with van der Waals surface area (Å²) in [6.45, 7) is 5.73. The van der Waals surface area contributed by atoms with Gasteiger partial charge in [-0.25, -0.2) is 4.79 Å². The minimum Gasteiger partial charge on any atom is -0.490 e. The highest BCUT2D eigenvalue weighted by Crippen LogP contribution is 2.30. The fourth-order valence-electron chi connectivity index (χ4n) is 2.10. The van der Waals surface area contributed by atoms with E-state index in [4.69, 9.17) is 9.47 Å². The average molecular weight is 343 g/mol. The molecule has 6 heteroatoms. The Bertz CT molecular complexity index is 662. The number of anilines is 1. The molecular formula is C19H25N3O3. The summed E-state index contributed by atoms with van der Waals surface area (Å²) < 4.78 is 11.4. The Morgan fingerprint density at radius 3 is 2.52 bits per heavy atom. The minimum absolute atomic E-state index is 0.285. The zero-order valence-electron chi connectivity index (χ0n) is 14.7. The van der Waals surface area contributed by atoms with Crippen LogP contribution in [0.5, 0.6) is 11.5 Å². The molecule has 2 amide bonds. The van der Waals surface area contributed by atoms with Crippen LogP contribution in [0.15, 0.2) is 42.7 Å². The lowest BCUT2D eigenvalue weighted by Gasteiger charge is -2.14. The summed E-state index contributed by atoms with van der Waals surface area (Å²) in [6.07, 6.45) is 5.24. The third kappa shape index (κ3) is 6.33. The van der Waals surface area contributed by atoms with Gasteiger partial charge >= 0.3 is 6.03 Å². The molecule has 2 rings (SSSR count). The maximum Gasteiger partial charge on any atom is 0.319 e. The van der Waals surface area contributed by atoms with Crippen molar-refractivity contribution in [2.75, 3.05) is 18.5 Å². The van der Waals surface area contributed by atoms with Gasteiger partial charge in [0.05, 0.1) is 13.2 Å². The van der Waals surface area contributed by atoms with Crippen molar-refractivity contribution in [2.45, 2.75) is 33.2 Å². The summed E-state index contributed by atoms with van der Waals surface area (Å²) in [5.41, 5.74) is 1.59. The number of urea groups is 1. The standard InChI is InChI=1S/C19H25N3O3/c1-3-10-24-17-8-7-16(12-18(17)25-11-4-2)22-19(23)21-14-15-6-5-9-20-13-15/h5-9,12-13H,3-4,10-11,14H2,1-2H3,(H2,21,22,23). The molecule has 0 saturated carbocycles. The molecule has 134 valence electrons. The lowest BCUT2D eigenvalue weighted by molar-refractivity contribution is 0.251. The van der Waals surface area contributed by atoms with Crippen molar-refractivity contribution in [3.8, 4) is 11.5 Å². The van der Waals surface area contributed by atoms with Crippen LogP contribution in [-0.4, -0.2) is 24.2 Å². The Hall–Kier alpha value is -2.76. The van der Waals surface area contributed by atoms with Gasteiger partial charge in [0, 0.05) is 30.7 Å². The number of pyridine rings is 1. The first-order valence-corrected chi connectivity index (χ1v) is 8.56. The van der Waals surface area contributed by atoms with Gasteiger partial charge in [0.2, 0.25) is 0 Å². The van der Waals surface area contributed by atoms with Gasteiger partial charge in [-0.2, -0.15) is 0 Å². The van der Waals surface area contributed by atoms with E-state index < -0.39 is 0 Å². The molecule has 0 fully saturated rings. The van der Waals surface area contributed by atoms with Gasteiger partial charge in [0.15, 0.2) is 11.5 Å². The maximum absolute atomic E-state index is 12.1. The van der Waals surface area contributed by atoms with E-state index in [0.29, 0.717) is 36.9 Å². The number of hydrogen-bond acceptors (Lipinski definition) is 4. The van der Waals surface area contributed by atoms with Gasteiger partial charge < -0.3 is 20.1 Å². The molecule has 0 radical (unpaired) electrons. The van der Waals surface area contributed by atoms with E-state index in [0.717, 1.165) is 18.4 Å². The molecule has 2 aromatic rings. The van der Waals surface area contributed by atoms with Crippen molar-refractivity contribution in [1.82, 2.24) is 10.3 Å². The fourth-order valence-corrected chi connectivity index (χ4v) is 2.10. The van der Waals surface area contributed by atoms with Crippen molar-refractivity contribution in [1.29, 1.82) is 0 Å². The SMILES string of the molecule is CCCOc1ccc(NC(=O)NCc2cccnc2)cc1OCCC. The molecule has 1 aromatic carbocycles. The molecule has 0 atom stereocenters. The molecule has 0 saturated heterocycles. The summed E-state index contributed by atoms with van der Waals surface area (Å²) in [4.78, 5) is 16.1. The number of carbonyl (C=O) groups is 1. The number of carbonyl (C=O) groups excluding carboxylic acids is 1. The second-order valence-corrected chi connectivity index (χ2v) is 5.53. The lowest BCUT2D eigenvalue weighted by Crippen LogP contribution is -2.28. The van der Waals surface area contributed by atoms with Crippen LogP contribution in [0.1, 0.15) is 32.3 Å². The number of nitrogens with zero attached hydrogens (tertiary/aromatic N) is 1. The van der Waals surface area contributed by atoms with E-state index in [-0.39, 0.29) is 6.03 Å². The van der Waals surface area contributed by atoms with Gasteiger partial charge in [-0.3, -0.25) is 4.98 Å². The average Bonchev–Trinajstić information content (AvgIpc) is 2.64. The summed E-state index contributed by atoms with van der Waals surface area (Å²) in [7, 11) is 0. The van der Waals surface area contributed by atoms with E-state index in [1.807, 2.05) is 25.1 Å². The summed E-state index contributed by atoms with van der Waals surface area (Å²) >= 11 is 0. The first-order valence-electron chi connectivity index (χ1n) is 8.56. The molecule has 0 bridgehead atoms. The van der Waals surface area contributed by atoms with Crippen molar-refractivity contribution >= 4 is 11.7 Å². The number of nitrogens with one attached hydrogen (secondary N) is 2. The third-order valence-electron chi connectivity index (χ3n) is 3.30. The molecule has 6 nitrogen and oxygen atoms in total. The monoisotopic (exact) mass is 343 g/mol. The molecule has 0 aliphatic carbocycles. The van der Waals surface area contributed by atoms with Crippen LogP contribution < -0.4 is 20.1 Å². The van der Waals surface area contributed by atoms with E-state index in [9.17, 15) is 4.79 Å². The number of rotatable bonds is 9. The Morgan fingerprint density at radius 1 is 1.08 bits per heavy atom. The second kappa shape index (κ2) is 10.2.